The van der Waals surface area contributed by atoms with E-state index in [4.69, 9.17) is 22.3 Å². The molecule has 4 heteroatoms. The molecule has 0 aliphatic carbocycles. The van der Waals surface area contributed by atoms with Crippen molar-refractivity contribution < 1.29 is 19.1 Å². The van der Waals surface area contributed by atoms with Crippen LogP contribution in [0.4, 0.5) is 0 Å². The Balaban J connectivity index is 1.43. The standard InChI is InChI=1S/C46H26O4/c1-5-33-10-7-12-35(24-33)16-20-39-27-41(31-43(29-39)45(47)49-3)22-18-37-14-9-15-38(26-37)19-23-42-28-40(30-44(32-42)46(48)50-4)21-17-36-13-8-11-34(6-2)25-36/h1-2,7-15,24-32H,3-4H3. The van der Waals surface area contributed by atoms with E-state index >= 15 is 0 Å². The zero-order valence-corrected chi connectivity index (χ0v) is 27.2. The molecule has 0 saturated heterocycles. The highest BCUT2D eigenvalue weighted by atomic mass is 16.5. The molecule has 0 atom stereocenters. The molecule has 5 aromatic carbocycles. The Morgan fingerprint density at radius 1 is 0.400 bits per heavy atom. The summed E-state index contributed by atoms with van der Waals surface area (Å²) in [6, 6.07) is 32.4. The van der Waals surface area contributed by atoms with Gasteiger partial charge in [-0.05, 0) is 91.0 Å². The van der Waals surface area contributed by atoms with Gasteiger partial charge in [0.05, 0.1) is 25.3 Å². The molecule has 0 spiro atoms. The van der Waals surface area contributed by atoms with Gasteiger partial charge in [-0.25, -0.2) is 9.59 Å². The summed E-state index contributed by atoms with van der Waals surface area (Å²) in [5.41, 5.74) is 7.42. The van der Waals surface area contributed by atoms with Gasteiger partial charge in [0.15, 0.2) is 0 Å². The van der Waals surface area contributed by atoms with E-state index in [1.165, 1.54) is 14.2 Å². The summed E-state index contributed by atoms with van der Waals surface area (Å²) >= 11 is 0. The molecule has 234 valence electrons. The van der Waals surface area contributed by atoms with Crippen molar-refractivity contribution in [2.24, 2.45) is 0 Å². The Morgan fingerprint density at radius 3 is 0.920 bits per heavy atom. The van der Waals surface area contributed by atoms with Gasteiger partial charge in [-0.15, -0.1) is 12.8 Å². The topological polar surface area (TPSA) is 52.6 Å². The third-order valence-electron chi connectivity index (χ3n) is 7.03. The lowest BCUT2D eigenvalue weighted by Gasteiger charge is -2.02. The Labute approximate surface area is 292 Å². The van der Waals surface area contributed by atoms with Crippen LogP contribution in [0, 0.1) is 72.1 Å². The molecule has 0 unspecified atom stereocenters. The lowest BCUT2D eigenvalue weighted by atomic mass is 10.0. The SMILES string of the molecule is C#Cc1cccc(C#Cc2cc(C#Cc3cccc(C#Cc4cc(C#Cc5cccc(C#C)c5)cc(C(=O)OC)c4)c3)cc(C(=O)OC)c2)c1. The third-order valence-corrected chi connectivity index (χ3v) is 7.03. The van der Waals surface area contributed by atoms with E-state index < -0.39 is 11.9 Å². The zero-order valence-electron chi connectivity index (χ0n) is 27.2. The van der Waals surface area contributed by atoms with Crippen LogP contribution in [0.5, 0.6) is 0 Å². The number of rotatable bonds is 2. The minimum atomic E-state index is -0.494. The molecule has 0 aliphatic heterocycles. The minimum Gasteiger partial charge on any atom is -0.465 e. The van der Waals surface area contributed by atoms with Crippen LogP contribution in [0.15, 0.2) is 109 Å². The molecular weight excluding hydrogens is 617 g/mol. The average molecular weight is 643 g/mol. The number of carbonyl (C=O) groups excluding carboxylic acids is 2. The minimum absolute atomic E-state index is 0.333. The van der Waals surface area contributed by atoms with Crippen molar-refractivity contribution in [2.75, 3.05) is 14.2 Å². The van der Waals surface area contributed by atoms with Gasteiger partial charge in [-0.2, -0.15) is 0 Å². The largest absolute Gasteiger partial charge is 0.465 e. The fourth-order valence-corrected chi connectivity index (χ4v) is 4.64. The first kappa shape index (κ1) is 33.8. The van der Waals surface area contributed by atoms with Gasteiger partial charge in [-0.3, -0.25) is 0 Å². The first-order valence-electron chi connectivity index (χ1n) is 15.1. The molecule has 0 aromatic heterocycles. The van der Waals surface area contributed by atoms with Crippen molar-refractivity contribution in [3.63, 3.8) is 0 Å². The highest BCUT2D eigenvalue weighted by Crippen LogP contribution is 2.14. The molecule has 0 bridgehead atoms. The Morgan fingerprint density at radius 2 is 0.640 bits per heavy atom. The number of methoxy groups -OCH3 is 2. The van der Waals surface area contributed by atoms with Crippen molar-refractivity contribution in [2.45, 2.75) is 0 Å². The summed E-state index contributed by atoms with van der Waals surface area (Å²) in [5, 5.41) is 0. The maximum atomic E-state index is 12.4. The van der Waals surface area contributed by atoms with Crippen LogP contribution in [-0.4, -0.2) is 26.2 Å². The molecule has 4 nitrogen and oxygen atoms in total. The molecule has 5 aromatic rings. The molecule has 50 heavy (non-hydrogen) atoms. The van der Waals surface area contributed by atoms with E-state index in [-0.39, 0.29) is 0 Å². The van der Waals surface area contributed by atoms with Crippen LogP contribution in [0.1, 0.15) is 76.4 Å². The monoisotopic (exact) mass is 642 g/mol. The summed E-state index contributed by atoms with van der Waals surface area (Å²) < 4.78 is 9.89. The van der Waals surface area contributed by atoms with Crippen molar-refractivity contribution in [1.29, 1.82) is 0 Å². The van der Waals surface area contributed by atoms with Crippen LogP contribution < -0.4 is 0 Å². The third kappa shape index (κ3) is 9.24. The lowest BCUT2D eigenvalue weighted by Crippen LogP contribution is -2.02. The van der Waals surface area contributed by atoms with E-state index in [2.05, 4.69) is 59.2 Å². The molecule has 0 N–H and O–H groups in total. The summed E-state index contributed by atoms with van der Waals surface area (Å²) in [4.78, 5) is 24.8. The van der Waals surface area contributed by atoms with Gasteiger partial charge in [0, 0.05) is 55.6 Å². The predicted molar refractivity (Wildman–Crippen MR) is 195 cm³/mol. The van der Waals surface area contributed by atoms with Gasteiger partial charge in [0.2, 0.25) is 0 Å². The van der Waals surface area contributed by atoms with E-state index in [0.717, 1.165) is 22.3 Å². The second-order valence-corrected chi connectivity index (χ2v) is 10.6. The first-order valence-corrected chi connectivity index (χ1v) is 15.1. The summed E-state index contributed by atoms with van der Waals surface area (Å²) in [7, 11) is 2.65. The van der Waals surface area contributed by atoms with Gasteiger partial charge in [0.25, 0.3) is 0 Å². The number of esters is 2. The quantitative estimate of drug-likeness (QED) is 0.157. The Kier molecular flexibility index (Phi) is 11.0. The second kappa shape index (κ2) is 16.3. The van der Waals surface area contributed by atoms with E-state index in [9.17, 15) is 9.59 Å². The van der Waals surface area contributed by atoms with Crippen molar-refractivity contribution in [3.8, 4) is 72.1 Å². The maximum absolute atomic E-state index is 12.4. The number of hydrogen-bond acceptors (Lipinski definition) is 4. The van der Waals surface area contributed by atoms with E-state index in [0.29, 0.717) is 44.5 Å². The fourth-order valence-electron chi connectivity index (χ4n) is 4.64. The number of hydrogen-bond donors (Lipinski definition) is 0. The van der Waals surface area contributed by atoms with E-state index in [1.54, 1.807) is 24.3 Å². The summed E-state index contributed by atoms with van der Waals surface area (Å²) in [6.45, 7) is 0. The number of ether oxygens (including phenoxy) is 2. The summed E-state index contributed by atoms with van der Waals surface area (Å²) in [5.74, 6) is 29.1. The predicted octanol–water partition coefficient (Wildman–Crippen LogP) is 6.82. The van der Waals surface area contributed by atoms with Gasteiger partial charge in [0.1, 0.15) is 0 Å². The van der Waals surface area contributed by atoms with Gasteiger partial charge in [-0.1, -0.05) is 77.4 Å². The van der Waals surface area contributed by atoms with Crippen LogP contribution in [0.2, 0.25) is 0 Å². The summed E-state index contributed by atoms with van der Waals surface area (Å²) in [6.07, 6.45) is 11.0. The highest BCUT2D eigenvalue weighted by Gasteiger charge is 2.09. The molecule has 0 fully saturated rings. The normalized spacial score (nSPS) is 9.28. The molecule has 5 rings (SSSR count). The number of benzene rings is 5. The molecule has 0 saturated carbocycles. The number of terminal acetylenes is 2. The van der Waals surface area contributed by atoms with Crippen LogP contribution in [-0.2, 0) is 9.47 Å². The fraction of sp³-hybridized carbons (Fsp3) is 0.0435. The Bertz CT molecular complexity index is 2320. The van der Waals surface area contributed by atoms with Crippen molar-refractivity contribution in [1.82, 2.24) is 0 Å². The average Bonchev–Trinajstić information content (AvgIpc) is 3.17. The molecule has 0 radical (unpaired) electrons. The highest BCUT2D eigenvalue weighted by molar-refractivity contribution is 5.91. The number of carbonyl (C=O) groups is 2. The molecular formula is C46H26O4. The smallest absolute Gasteiger partial charge is 0.337 e. The van der Waals surface area contributed by atoms with E-state index in [1.807, 2.05) is 84.9 Å². The lowest BCUT2D eigenvalue weighted by molar-refractivity contribution is 0.0592. The molecule has 0 heterocycles. The Hall–Kier alpha value is -7.60. The van der Waals surface area contributed by atoms with Crippen molar-refractivity contribution >= 4 is 11.9 Å². The molecule has 0 aliphatic rings. The van der Waals surface area contributed by atoms with Gasteiger partial charge < -0.3 is 9.47 Å². The maximum Gasteiger partial charge on any atom is 0.337 e. The van der Waals surface area contributed by atoms with Gasteiger partial charge >= 0.3 is 11.9 Å². The molecule has 0 amide bonds. The zero-order chi connectivity index (χ0) is 35.3. The second-order valence-electron chi connectivity index (χ2n) is 10.6. The first-order chi connectivity index (χ1) is 24.3. The van der Waals surface area contributed by atoms with Crippen LogP contribution in [0.3, 0.4) is 0 Å². The van der Waals surface area contributed by atoms with Crippen LogP contribution in [0.25, 0.3) is 0 Å². The van der Waals surface area contributed by atoms with Crippen LogP contribution >= 0.6 is 0 Å². The van der Waals surface area contributed by atoms with Crippen molar-refractivity contribution in [3.05, 3.63) is 176 Å².